The molecule has 0 aliphatic carbocycles. The van der Waals surface area contributed by atoms with Gasteiger partial charge >= 0.3 is 0 Å². The molecule has 5 heteroatoms. The molecule has 2 aromatic rings. The Kier molecular flexibility index (Phi) is 3.74. The Morgan fingerprint density at radius 2 is 1.83 bits per heavy atom. The van der Waals surface area contributed by atoms with Crippen LogP contribution in [0, 0.1) is 0 Å². The van der Waals surface area contributed by atoms with Crippen LogP contribution in [0.3, 0.4) is 0 Å². The summed E-state index contributed by atoms with van der Waals surface area (Å²) in [5.41, 5.74) is 4.44. The topological polar surface area (TPSA) is 75.9 Å². The van der Waals surface area contributed by atoms with Crippen LogP contribution in [-0.4, -0.2) is 9.97 Å². The number of nitrogens with one attached hydrogen (secondary N) is 2. The van der Waals surface area contributed by atoms with Gasteiger partial charge in [-0.1, -0.05) is 32.0 Å². The first-order chi connectivity index (χ1) is 8.69. The highest BCUT2D eigenvalue weighted by molar-refractivity contribution is 5.55. The maximum Gasteiger partial charge on any atom is 0.229 e. The first-order valence-electron chi connectivity index (χ1n) is 5.86. The lowest BCUT2D eigenvalue weighted by atomic mass is 10.1. The van der Waals surface area contributed by atoms with Crippen molar-refractivity contribution in [3.63, 3.8) is 0 Å². The molecule has 1 aromatic carbocycles. The Bertz CT molecular complexity index is 510. The van der Waals surface area contributed by atoms with E-state index in [1.807, 2.05) is 36.4 Å². The number of anilines is 3. The molecule has 5 nitrogen and oxygen atoms in total. The first-order valence-corrected chi connectivity index (χ1v) is 5.86. The Morgan fingerprint density at radius 1 is 1.11 bits per heavy atom. The van der Waals surface area contributed by atoms with Gasteiger partial charge in [0.25, 0.3) is 0 Å². The van der Waals surface area contributed by atoms with Crippen molar-refractivity contribution in [2.45, 2.75) is 19.8 Å². The third-order valence-electron chi connectivity index (χ3n) is 2.52. The van der Waals surface area contributed by atoms with Crippen LogP contribution in [0.1, 0.15) is 25.5 Å². The van der Waals surface area contributed by atoms with Crippen molar-refractivity contribution in [2.75, 3.05) is 10.7 Å². The number of hydrazine groups is 1. The van der Waals surface area contributed by atoms with E-state index in [0.29, 0.717) is 17.7 Å². The summed E-state index contributed by atoms with van der Waals surface area (Å²) in [6.45, 7) is 4.16. The van der Waals surface area contributed by atoms with Crippen LogP contribution in [0.15, 0.2) is 36.4 Å². The van der Waals surface area contributed by atoms with Crippen molar-refractivity contribution in [1.82, 2.24) is 9.97 Å². The fourth-order valence-electron chi connectivity index (χ4n) is 1.54. The van der Waals surface area contributed by atoms with Crippen LogP contribution in [-0.2, 0) is 0 Å². The molecule has 0 atom stereocenters. The summed E-state index contributed by atoms with van der Waals surface area (Å²) in [4.78, 5) is 8.73. The summed E-state index contributed by atoms with van der Waals surface area (Å²) >= 11 is 0. The van der Waals surface area contributed by atoms with Gasteiger partial charge in [-0.15, -0.1) is 0 Å². The van der Waals surface area contributed by atoms with Crippen LogP contribution in [0.25, 0.3) is 0 Å². The molecule has 0 saturated carbocycles. The second-order valence-corrected chi connectivity index (χ2v) is 4.29. The summed E-state index contributed by atoms with van der Waals surface area (Å²) in [6.07, 6.45) is 0. The van der Waals surface area contributed by atoms with Gasteiger partial charge in [-0.25, -0.2) is 10.8 Å². The van der Waals surface area contributed by atoms with Crippen molar-refractivity contribution >= 4 is 17.5 Å². The molecule has 0 spiro atoms. The van der Waals surface area contributed by atoms with E-state index in [-0.39, 0.29) is 0 Å². The standard InChI is InChI=1S/C13H17N5/c1-9(2)11-8-12(18-14)17-13(16-11)15-10-6-4-3-5-7-10/h3-9H,14H2,1-2H3,(H2,15,16,17,18). The van der Waals surface area contributed by atoms with E-state index in [1.165, 1.54) is 0 Å². The lowest BCUT2D eigenvalue weighted by Gasteiger charge is -2.11. The summed E-state index contributed by atoms with van der Waals surface area (Å²) in [5, 5.41) is 3.16. The predicted octanol–water partition coefficient (Wildman–Crippen LogP) is 2.63. The fourth-order valence-corrected chi connectivity index (χ4v) is 1.54. The summed E-state index contributed by atoms with van der Waals surface area (Å²) in [6, 6.07) is 11.6. The van der Waals surface area contributed by atoms with E-state index in [2.05, 4.69) is 34.6 Å². The first kappa shape index (κ1) is 12.3. The molecule has 0 aliphatic rings. The predicted molar refractivity (Wildman–Crippen MR) is 73.7 cm³/mol. The van der Waals surface area contributed by atoms with E-state index in [0.717, 1.165) is 11.4 Å². The molecule has 18 heavy (non-hydrogen) atoms. The van der Waals surface area contributed by atoms with Gasteiger partial charge in [0.05, 0.1) is 5.69 Å². The molecule has 0 amide bonds. The van der Waals surface area contributed by atoms with E-state index < -0.39 is 0 Å². The second kappa shape index (κ2) is 5.46. The van der Waals surface area contributed by atoms with Crippen molar-refractivity contribution in [3.8, 4) is 0 Å². The number of para-hydroxylation sites is 1. The van der Waals surface area contributed by atoms with Gasteiger partial charge in [0.2, 0.25) is 5.95 Å². The Hall–Kier alpha value is -2.14. The minimum Gasteiger partial charge on any atom is -0.324 e. The number of nitrogen functional groups attached to an aromatic ring is 1. The Balaban J connectivity index is 2.30. The second-order valence-electron chi connectivity index (χ2n) is 4.29. The number of aromatic nitrogens is 2. The number of rotatable bonds is 4. The van der Waals surface area contributed by atoms with Crippen molar-refractivity contribution in [3.05, 3.63) is 42.1 Å². The number of benzene rings is 1. The van der Waals surface area contributed by atoms with Crippen LogP contribution >= 0.6 is 0 Å². The quantitative estimate of drug-likeness (QED) is 0.568. The van der Waals surface area contributed by atoms with Crippen LogP contribution < -0.4 is 16.6 Å². The molecule has 4 N–H and O–H groups in total. The lowest BCUT2D eigenvalue weighted by molar-refractivity contribution is 0.817. The largest absolute Gasteiger partial charge is 0.324 e. The number of hydrogen-bond donors (Lipinski definition) is 3. The molecule has 1 heterocycles. The smallest absolute Gasteiger partial charge is 0.229 e. The molecule has 2 rings (SSSR count). The zero-order chi connectivity index (χ0) is 13.0. The van der Waals surface area contributed by atoms with Crippen LogP contribution in [0.4, 0.5) is 17.5 Å². The van der Waals surface area contributed by atoms with Gasteiger partial charge in [-0.05, 0) is 18.1 Å². The highest BCUT2D eigenvalue weighted by Crippen LogP contribution is 2.19. The van der Waals surface area contributed by atoms with Crippen molar-refractivity contribution in [2.24, 2.45) is 5.84 Å². The molecule has 0 saturated heterocycles. The van der Waals surface area contributed by atoms with E-state index >= 15 is 0 Å². The highest BCUT2D eigenvalue weighted by atomic mass is 15.3. The monoisotopic (exact) mass is 243 g/mol. The zero-order valence-electron chi connectivity index (χ0n) is 10.5. The number of nitrogens with two attached hydrogens (primary N) is 1. The van der Waals surface area contributed by atoms with Gasteiger partial charge < -0.3 is 10.7 Å². The molecule has 94 valence electrons. The van der Waals surface area contributed by atoms with Gasteiger partial charge in [-0.3, -0.25) is 0 Å². The average Bonchev–Trinajstić information content (AvgIpc) is 2.39. The lowest BCUT2D eigenvalue weighted by Crippen LogP contribution is -2.11. The average molecular weight is 243 g/mol. The molecular formula is C13H17N5. The Labute approximate surface area is 106 Å². The van der Waals surface area contributed by atoms with Gasteiger partial charge in [0.15, 0.2) is 0 Å². The van der Waals surface area contributed by atoms with Crippen molar-refractivity contribution < 1.29 is 0 Å². The van der Waals surface area contributed by atoms with Gasteiger partial charge in [-0.2, -0.15) is 4.98 Å². The summed E-state index contributed by atoms with van der Waals surface area (Å²) < 4.78 is 0. The Morgan fingerprint density at radius 3 is 2.44 bits per heavy atom. The number of nitrogens with zero attached hydrogens (tertiary/aromatic N) is 2. The minimum absolute atomic E-state index is 0.316. The van der Waals surface area contributed by atoms with Crippen LogP contribution in [0.2, 0.25) is 0 Å². The van der Waals surface area contributed by atoms with E-state index in [9.17, 15) is 0 Å². The molecule has 0 fully saturated rings. The molecular weight excluding hydrogens is 226 g/mol. The zero-order valence-corrected chi connectivity index (χ0v) is 10.5. The van der Waals surface area contributed by atoms with E-state index in [1.54, 1.807) is 0 Å². The maximum atomic E-state index is 5.41. The van der Waals surface area contributed by atoms with Crippen molar-refractivity contribution in [1.29, 1.82) is 0 Å². The molecule has 0 unspecified atom stereocenters. The SMILES string of the molecule is CC(C)c1cc(NN)nc(Nc2ccccc2)n1. The highest BCUT2D eigenvalue weighted by Gasteiger charge is 2.07. The third-order valence-corrected chi connectivity index (χ3v) is 2.52. The molecule has 0 bridgehead atoms. The number of hydrogen-bond acceptors (Lipinski definition) is 5. The summed E-state index contributed by atoms with van der Waals surface area (Å²) in [5.74, 6) is 6.88. The van der Waals surface area contributed by atoms with Crippen LogP contribution in [0.5, 0.6) is 0 Å². The van der Waals surface area contributed by atoms with Gasteiger partial charge in [0, 0.05) is 11.8 Å². The molecule has 0 radical (unpaired) electrons. The van der Waals surface area contributed by atoms with Gasteiger partial charge in [0.1, 0.15) is 5.82 Å². The van der Waals surface area contributed by atoms with E-state index in [4.69, 9.17) is 5.84 Å². The molecule has 1 aromatic heterocycles. The normalized spacial score (nSPS) is 10.4. The fraction of sp³-hybridized carbons (Fsp3) is 0.231. The summed E-state index contributed by atoms with van der Waals surface area (Å²) in [7, 11) is 0. The maximum absolute atomic E-state index is 5.41. The third kappa shape index (κ3) is 2.95. The minimum atomic E-state index is 0.316. The molecule has 0 aliphatic heterocycles.